The summed E-state index contributed by atoms with van der Waals surface area (Å²) in [6, 6.07) is 7.83. The Morgan fingerprint density at radius 3 is 1.07 bits per heavy atom. The van der Waals surface area contributed by atoms with Crippen molar-refractivity contribution in [2.45, 2.75) is 0 Å². The van der Waals surface area contributed by atoms with E-state index in [9.17, 15) is 24.0 Å². The number of carboxylic acids is 5. The fraction of sp³-hybridized carbons (Fsp3) is 0. The maximum Gasteiger partial charge on any atom is 0.336 e. The molecule has 10 heteroatoms. The van der Waals surface area contributed by atoms with Crippen LogP contribution in [0.1, 0.15) is 51.8 Å². The highest BCUT2D eigenvalue weighted by atomic mass is 16.4. The summed E-state index contributed by atoms with van der Waals surface area (Å²) in [6.45, 7) is 0. The van der Waals surface area contributed by atoms with Crippen molar-refractivity contribution >= 4 is 29.8 Å². The second-order valence-electron chi connectivity index (χ2n) is 4.86. The molecule has 0 aromatic heterocycles. The molecule has 0 aliphatic rings. The maximum atomic E-state index is 10.6. The first-order chi connectivity index (χ1) is 12.5. The molecule has 140 valence electrons. The molecule has 0 saturated heterocycles. The molecule has 0 aliphatic carbocycles. The number of rotatable bonds is 5. The van der Waals surface area contributed by atoms with Crippen molar-refractivity contribution in [3.63, 3.8) is 0 Å². The minimum Gasteiger partial charge on any atom is -0.478 e. The van der Waals surface area contributed by atoms with Gasteiger partial charge in [-0.05, 0) is 42.5 Å². The van der Waals surface area contributed by atoms with Gasteiger partial charge in [-0.25, -0.2) is 24.0 Å². The Kier molecular flexibility index (Phi) is 6.76. The molecule has 0 heterocycles. The molecule has 0 aliphatic heterocycles. The first kappa shape index (κ1) is 20.8. The molecule has 2 rings (SSSR count). The number of carbonyl (C=O) groups is 5. The van der Waals surface area contributed by atoms with E-state index in [1.165, 1.54) is 24.3 Å². The van der Waals surface area contributed by atoms with E-state index < -0.39 is 41.0 Å². The van der Waals surface area contributed by atoms with Crippen LogP contribution in [-0.2, 0) is 0 Å². The van der Waals surface area contributed by atoms with E-state index in [4.69, 9.17) is 25.5 Å². The van der Waals surface area contributed by atoms with E-state index in [1.54, 1.807) is 0 Å². The van der Waals surface area contributed by atoms with Crippen molar-refractivity contribution in [2.24, 2.45) is 0 Å². The second-order valence-corrected chi connectivity index (χ2v) is 4.86. The van der Waals surface area contributed by atoms with Crippen LogP contribution < -0.4 is 0 Å². The zero-order valence-corrected chi connectivity index (χ0v) is 13.3. The lowest BCUT2D eigenvalue weighted by molar-refractivity contribution is 0.0649. The van der Waals surface area contributed by atoms with Crippen LogP contribution in [0, 0.1) is 0 Å². The van der Waals surface area contributed by atoms with Crippen LogP contribution in [0.4, 0.5) is 0 Å². The van der Waals surface area contributed by atoms with Gasteiger partial charge in [-0.3, -0.25) is 0 Å². The Balaban J connectivity index is 0.000000277. The fourth-order valence-corrected chi connectivity index (χ4v) is 1.80. The van der Waals surface area contributed by atoms with Crippen LogP contribution in [0.2, 0.25) is 0 Å². The molecular weight excluding hydrogens is 364 g/mol. The van der Waals surface area contributed by atoms with Crippen molar-refractivity contribution in [2.75, 3.05) is 0 Å². The van der Waals surface area contributed by atoms with Gasteiger partial charge in [0.25, 0.3) is 0 Å². The van der Waals surface area contributed by atoms with Gasteiger partial charge in [0.1, 0.15) is 0 Å². The molecule has 2 aromatic carbocycles. The average Bonchev–Trinajstić information content (AvgIpc) is 2.61. The van der Waals surface area contributed by atoms with Gasteiger partial charge in [0, 0.05) is 0 Å². The summed E-state index contributed by atoms with van der Waals surface area (Å²) >= 11 is 0. The highest BCUT2D eigenvalue weighted by molar-refractivity contribution is 6.03. The zero-order chi connectivity index (χ0) is 20.7. The highest BCUT2D eigenvalue weighted by Crippen LogP contribution is 2.12. The van der Waals surface area contributed by atoms with Crippen molar-refractivity contribution < 1.29 is 49.5 Å². The second kappa shape index (κ2) is 8.76. The third-order valence-electron chi connectivity index (χ3n) is 3.11. The minimum atomic E-state index is -1.48. The SMILES string of the molecule is O=C(O)c1ccc(C(=O)O)c(C(=O)O)c1.O=C(O)c1ccc(C(=O)O)cc1. The first-order valence-corrected chi connectivity index (χ1v) is 6.95. The van der Waals surface area contributed by atoms with Gasteiger partial charge in [0.2, 0.25) is 0 Å². The van der Waals surface area contributed by atoms with E-state index in [2.05, 4.69) is 0 Å². The number of aromatic carboxylic acids is 5. The van der Waals surface area contributed by atoms with E-state index in [0.717, 1.165) is 18.2 Å². The summed E-state index contributed by atoms with van der Waals surface area (Å²) in [5.74, 6) is -6.33. The van der Waals surface area contributed by atoms with E-state index in [1.807, 2.05) is 0 Å². The summed E-state index contributed by atoms with van der Waals surface area (Å²) in [5, 5.41) is 42.8. The van der Waals surface area contributed by atoms with Gasteiger partial charge in [-0.1, -0.05) is 0 Å². The predicted molar refractivity (Wildman–Crippen MR) is 87.7 cm³/mol. The van der Waals surface area contributed by atoms with Crippen LogP contribution in [0.15, 0.2) is 42.5 Å². The molecule has 0 amide bonds. The Hall–Kier alpha value is -4.21. The lowest BCUT2D eigenvalue weighted by atomic mass is 10.0. The van der Waals surface area contributed by atoms with Gasteiger partial charge in [-0.2, -0.15) is 0 Å². The molecule has 10 nitrogen and oxygen atoms in total. The average molecular weight is 376 g/mol. The van der Waals surface area contributed by atoms with Gasteiger partial charge >= 0.3 is 29.8 Å². The maximum absolute atomic E-state index is 10.6. The molecule has 0 saturated carbocycles. The third-order valence-corrected chi connectivity index (χ3v) is 3.11. The third kappa shape index (κ3) is 5.67. The fourth-order valence-electron chi connectivity index (χ4n) is 1.80. The van der Waals surface area contributed by atoms with Crippen LogP contribution in [0.5, 0.6) is 0 Å². The quantitative estimate of drug-likeness (QED) is 0.515. The normalized spacial score (nSPS) is 9.48. The lowest BCUT2D eigenvalue weighted by Gasteiger charge is -2.02. The van der Waals surface area contributed by atoms with Crippen LogP contribution >= 0.6 is 0 Å². The van der Waals surface area contributed by atoms with Crippen molar-refractivity contribution in [3.05, 3.63) is 70.3 Å². The van der Waals surface area contributed by atoms with Gasteiger partial charge in [0.15, 0.2) is 0 Å². The van der Waals surface area contributed by atoms with E-state index >= 15 is 0 Å². The Morgan fingerprint density at radius 2 is 0.778 bits per heavy atom. The highest BCUT2D eigenvalue weighted by Gasteiger charge is 2.17. The molecule has 0 fully saturated rings. The number of hydrogen-bond acceptors (Lipinski definition) is 5. The molecule has 0 atom stereocenters. The smallest absolute Gasteiger partial charge is 0.336 e. The van der Waals surface area contributed by atoms with Crippen LogP contribution in [-0.4, -0.2) is 55.4 Å². The molecule has 0 spiro atoms. The predicted octanol–water partition coefficient (Wildman–Crippen LogP) is 1.86. The summed E-state index contributed by atoms with van der Waals surface area (Å²) < 4.78 is 0. The molecule has 0 unspecified atom stereocenters. The zero-order valence-electron chi connectivity index (χ0n) is 13.3. The van der Waals surface area contributed by atoms with Crippen molar-refractivity contribution in [1.82, 2.24) is 0 Å². The van der Waals surface area contributed by atoms with Crippen LogP contribution in [0.25, 0.3) is 0 Å². The van der Waals surface area contributed by atoms with E-state index in [0.29, 0.717) is 0 Å². The Labute approximate surface area is 150 Å². The largest absolute Gasteiger partial charge is 0.478 e. The standard InChI is InChI=1S/C9H6O6.C8H6O4/c10-7(11)4-1-2-5(8(12)13)6(3-4)9(14)15;9-7(10)5-1-2-6(4-3-5)8(11)12/h1-3H,(H,10,11)(H,12,13)(H,14,15);1-4H,(H,9,10)(H,11,12). The van der Waals surface area contributed by atoms with Crippen LogP contribution in [0.3, 0.4) is 0 Å². The van der Waals surface area contributed by atoms with Gasteiger partial charge < -0.3 is 25.5 Å². The lowest BCUT2D eigenvalue weighted by Crippen LogP contribution is -2.10. The molecule has 2 aromatic rings. The summed E-state index contributed by atoms with van der Waals surface area (Å²) in [5.41, 5.74) is -1.08. The van der Waals surface area contributed by atoms with Crippen molar-refractivity contribution in [3.8, 4) is 0 Å². The monoisotopic (exact) mass is 376 g/mol. The van der Waals surface area contributed by atoms with Crippen molar-refractivity contribution in [1.29, 1.82) is 0 Å². The van der Waals surface area contributed by atoms with E-state index in [-0.39, 0.29) is 16.7 Å². The Bertz CT molecular complexity index is 879. The summed E-state index contributed by atoms with van der Waals surface area (Å²) in [7, 11) is 0. The number of hydrogen-bond donors (Lipinski definition) is 5. The first-order valence-electron chi connectivity index (χ1n) is 6.95. The Morgan fingerprint density at radius 1 is 0.444 bits per heavy atom. The number of carboxylic acid groups (broad SMARTS) is 5. The number of benzene rings is 2. The molecule has 0 radical (unpaired) electrons. The molecule has 27 heavy (non-hydrogen) atoms. The summed E-state index contributed by atoms with van der Waals surface area (Å²) in [4.78, 5) is 52.4. The molecular formula is C17H12O10. The molecule has 0 bridgehead atoms. The summed E-state index contributed by atoms with van der Waals surface area (Å²) in [6.07, 6.45) is 0. The molecule has 5 N–H and O–H groups in total. The topological polar surface area (TPSA) is 186 Å². The van der Waals surface area contributed by atoms with Gasteiger partial charge in [-0.15, -0.1) is 0 Å². The van der Waals surface area contributed by atoms with Gasteiger partial charge in [0.05, 0.1) is 27.8 Å². The minimum absolute atomic E-state index is 0.0833.